The van der Waals surface area contributed by atoms with Crippen LogP contribution in [-0.2, 0) is 9.59 Å². The van der Waals surface area contributed by atoms with E-state index in [1.165, 1.54) is 12.1 Å². The number of thioether (sulfide) groups is 1. The van der Waals surface area contributed by atoms with Crippen LogP contribution in [0.5, 0.6) is 0 Å². The molecule has 7 nitrogen and oxygen atoms in total. The molecule has 3 rings (SSSR count). The van der Waals surface area contributed by atoms with E-state index in [1.807, 2.05) is 6.07 Å². The second kappa shape index (κ2) is 7.63. The molecule has 1 aliphatic heterocycles. The zero-order valence-corrected chi connectivity index (χ0v) is 15.2. The highest BCUT2D eigenvalue weighted by molar-refractivity contribution is 8.15. The normalized spacial score (nSPS) is 16.5. The first-order chi connectivity index (χ1) is 12.9. The highest BCUT2D eigenvalue weighted by Crippen LogP contribution is 2.35. The Kier molecular flexibility index (Phi) is 5.27. The van der Waals surface area contributed by atoms with Crippen molar-refractivity contribution in [2.75, 3.05) is 10.2 Å². The Morgan fingerprint density at radius 2 is 1.78 bits per heavy atom. The topological polar surface area (TPSA) is 104 Å². The number of imide groups is 1. The van der Waals surface area contributed by atoms with E-state index in [9.17, 15) is 19.2 Å². The summed E-state index contributed by atoms with van der Waals surface area (Å²) in [5.41, 5.74) is 1.38. The number of carboxylic acid groups (broad SMARTS) is 1. The largest absolute Gasteiger partial charge is 0.478 e. The molecule has 2 aromatic rings. The van der Waals surface area contributed by atoms with Gasteiger partial charge in [0.05, 0.1) is 16.9 Å². The molecule has 138 valence electrons. The fourth-order valence-corrected chi connectivity index (χ4v) is 3.75. The fraction of sp³-hybridized carbons (Fsp3) is 0.158. The Balaban J connectivity index is 1.73. The van der Waals surface area contributed by atoms with Gasteiger partial charge < -0.3 is 10.4 Å². The Morgan fingerprint density at radius 1 is 1.11 bits per heavy atom. The highest BCUT2D eigenvalue weighted by Gasteiger charge is 2.42. The molecule has 0 bridgehead atoms. The minimum atomic E-state index is -1.17. The van der Waals surface area contributed by atoms with Gasteiger partial charge in [-0.05, 0) is 42.4 Å². The van der Waals surface area contributed by atoms with Crippen molar-refractivity contribution in [2.24, 2.45) is 0 Å². The quantitative estimate of drug-likeness (QED) is 0.820. The fourth-order valence-electron chi connectivity index (χ4n) is 2.77. The number of hydrogen-bond donors (Lipinski definition) is 2. The number of carbonyl (C=O) groups excluding carboxylic acids is 3. The van der Waals surface area contributed by atoms with Gasteiger partial charge in [0.1, 0.15) is 5.25 Å². The van der Waals surface area contributed by atoms with Crippen LogP contribution in [0.1, 0.15) is 22.3 Å². The summed E-state index contributed by atoms with van der Waals surface area (Å²) >= 11 is 0.795. The monoisotopic (exact) mass is 384 g/mol. The van der Waals surface area contributed by atoms with Crippen LogP contribution in [0.2, 0.25) is 0 Å². The lowest BCUT2D eigenvalue weighted by atomic mass is 10.1. The summed E-state index contributed by atoms with van der Waals surface area (Å²) in [6, 6.07) is 13.0. The molecular formula is C19H16N2O5S. The first-order valence-electron chi connectivity index (χ1n) is 8.11. The zero-order valence-electron chi connectivity index (χ0n) is 14.3. The molecule has 0 aromatic heterocycles. The van der Waals surface area contributed by atoms with Gasteiger partial charge in [-0.3, -0.25) is 14.4 Å². The highest BCUT2D eigenvalue weighted by atomic mass is 32.2. The minimum Gasteiger partial charge on any atom is -0.478 e. The smallest absolute Gasteiger partial charge is 0.337 e. The second-order valence-electron chi connectivity index (χ2n) is 5.94. The molecule has 1 saturated heterocycles. The van der Waals surface area contributed by atoms with E-state index in [0.29, 0.717) is 5.69 Å². The molecule has 0 aliphatic carbocycles. The minimum absolute atomic E-state index is 0.0473. The number of hydrogen-bond acceptors (Lipinski definition) is 5. The molecule has 0 saturated carbocycles. The van der Waals surface area contributed by atoms with Gasteiger partial charge in [-0.2, -0.15) is 0 Å². The molecule has 8 heteroatoms. The third-order valence-corrected chi connectivity index (χ3v) is 5.12. The van der Waals surface area contributed by atoms with E-state index >= 15 is 0 Å². The van der Waals surface area contributed by atoms with Crippen LogP contribution >= 0.6 is 11.8 Å². The van der Waals surface area contributed by atoms with Crippen molar-refractivity contribution in [1.29, 1.82) is 0 Å². The lowest BCUT2D eigenvalue weighted by Crippen LogP contribution is -2.33. The molecule has 2 aromatic carbocycles. The number of carbonyl (C=O) groups is 4. The van der Waals surface area contributed by atoms with Crippen LogP contribution in [0.25, 0.3) is 0 Å². The Bertz CT molecular complexity index is 943. The molecule has 1 fully saturated rings. The van der Waals surface area contributed by atoms with Gasteiger partial charge in [0.25, 0.3) is 5.24 Å². The van der Waals surface area contributed by atoms with Gasteiger partial charge in [-0.25, -0.2) is 9.69 Å². The Morgan fingerprint density at radius 3 is 2.48 bits per heavy atom. The van der Waals surface area contributed by atoms with E-state index in [4.69, 9.17) is 5.11 Å². The molecule has 0 radical (unpaired) electrons. The van der Waals surface area contributed by atoms with E-state index in [1.54, 1.807) is 37.3 Å². The van der Waals surface area contributed by atoms with E-state index < -0.39 is 28.3 Å². The number of amides is 3. The number of para-hydroxylation sites is 2. The summed E-state index contributed by atoms with van der Waals surface area (Å²) < 4.78 is 0. The van der Waals surface area contributed by atoms with E-state index in [2.05, 4.69) is 5.32 Å². The number of carboxylic acids is 1. The number of anilines is 2. The molecule has 1 unspecified atom stereocenters. The number of rotatable bonds is 5. The summed E-state index contributed by atoms with van der Waals surface area (Å²) in [4.78, 5) is 49.5. The molecule has 1 atom stereocenters. The van der Waals surface area contributed by atoms with Crippen LogP contribution in [-0.4, -0.2) is 33.4 Å². The summed E-state index contributed by atoms with van der Waals surface area (Å²) in [6.07, 6.45) is -0.231. The third-order valence-electron chi connectivity index (χ3n) is 4.08. The van der Waals surface area contributed by atoms with Crippen LogP contribution in [0.4, 0.5) is 16.2 Å². The van der Waals surface area contributed by atoms with Crippen molar-refractivity contribution in [2.45, 2.75) is 18.6 Å². The lowest BCUT2D eigenvalue weighted by molar-refractivity contribution is -0.121. The maximum Gasteiger partial charge on any atom is 0.337 e. The van der Waals surface area contributed by atoms with Gasteiger partial charge in [-0.1, -0.05) is 30.3 Å². The molecule has 1 aliphatic rings. The predicted octanol–water partition coefficient (Wildman–Crippen LogP) is 3.29. The van der Waals surface area contributed by atoms with Crippen molar-refractivity contribution in [3.8, 4) is 0 Å². The van der Waals surface area contributed by atoms with Crippen molar-refractivity contribution in [3.05, 3.63) is 59.7 Å². The molecule has 1 heterocycles. The lowest BCUT2D eigenvalue weighted by Gasteiger charge is -2.16. The average molecular weight is 384 g/mol. The van der Waals surface area contributed by atoms with Crippen LogP contribution < -0.4 is 10.2 Å². The van der Waals surface area contributed by atoms with Gasteiger partial charge in [0.2, 0.25) is 11.8 Å². The van der Waals surface area contributed by atoms with Crippen molar-refractivity contribution in [1.82, 2.24) is 0 Å². The Labute approximate surface area is 159 Å². The van der Waals surface area contributed by atoms with Gasteiger partial charge in [-0.15, -0.1) is 0 Å². The van der Waals surface area contributed by atoms with Crippen molar-refractivity contribution in [3.63, 3.8) is 0 Å². The molecule has 0 spiro atoms. The number of aromatic carboxylic acids is 1. The number of aryl methyl sites for hydroxylation is 1. The maximum absolute atomic E-state index is 12.6. The first-order valence-corrected chi connectivity index (χ1v) is 8.99. The first kappa shape index (κ1) is 18.7. The molecule has 3 amide bonds. The predicted molar refractivity (Wildman–Crippen MR) is 102 cm³/mol. The standard InChI is InChI=1S/C19H16N2O5S/c1-11-6-2-5-9-14(11)21-17(23)15(27-19(21)26)10-16(22)20-13-8-4-3-7-12(13)18(24)25/h2-9,15H,10H2,1H3,(H,20,22)(H,24,25). The maximum atomic E-state index is 12.6. The zero-order chi connectivity index (χ0) is 19.6. The van der Waals surface area contributed by atoms with E-state index in [0.717, 1.165) is 22.2 Å². The van der Waals surface area contributed by atoms with Gasteiger partial charge in [0, 0.05) is 6.42 Å². The summed E-state index contributed by atoms with van der Waals surface area (Å²) in [7, 11) is 0. The van der Waals surface area contributed by atoms with Crippen molar-refractivity contribution >= 4 is 46.2 Å². The molecular weight excluding hydrogens is 368 g/mol. The summed E-state index contributed by atoms with van der Waals surface area (Å²) in [6.45, 7) is 1.80. The third kappa shape index (κ3) is 3.85. The number of nitrogens with zero attached hydrogens (tertiary/aromatic N) is 1. The average Bonchev–Trinajstić information content (AvgIpc) is 2.89. The van der Waals surface area contributed by atoms with Crippen molar-refractivity contribution < 1.29 is 24.3 Å². The summed E-state index contributed by atoms with van der Waals surface area (Å²) in [5, 5.41) is 10.4. The molecule has 2 N–H and O–H groups in total. The van der Waals surface area contributed by atoms with Gasteiger partial charge >= 0.3 is 5.97 Å². The SMILES string of the molecule is Cc1ccccc1N1C(=O)SC(CC(=O)Nc2ccccc2C(=O)O)C1=O. The van der Waals surface area contributed by atoms with Crippen LogP contribution in [0, 0.1) is 6.92 Å². The Hall–Kier alpha value is -3.13. The second-order valence-corrected chi connectivity index (χ2v) is 7.09. The number of nitrogens with one attached hydrogen (secondary N) is 1. The summed E-state index contributed by atoms with van der Waals surface area (Å²) in [5.74, 6) is -2.16. The molecule has 27 heavy (non-hydrogen) atoms. The van der Waals surface area contributed by atoms with Crippen LogP contribution in [0.3, 0.4) is 0 Å². The van der Waals surface area contributed by atoms with E-state index in [-0.39, 0.29) is 17.7 Å². The van der Waals surface area contributed by atoms with Crippen LogP contribution in [0.15, 0.2) is 48.5 Å². The number of benzene rings is 2. The van der Waals surface area contributed by atoms with Gasteiger partial charge in [0.15, 0.2) is 0 Å².